The first kappa shape index (κ1) is 14.2. The van der Waals surface area contributed by atoms with Gasteiger partial charge in [0.25, 0.3) is 0 Å². The number of nitrogens with zero attached hydrogens (tertiary/aromatic N) is 1. The molecule has 0 saturated heterocycles. The number of rotatable bonds is 6. The number of nitrogens with one attached hydrogen (secondary N) is 1. The molecule has 0 aliphatic carbocycles. The smallest absolute Gasteiger partial charge is 0.126 e. The van der Waals surface area contributed by atoms with Crippen LogP contribution in [-0.4, -0.2) is 11.5 Å². The van der Waals surface area contributed by atoms with E-state index < -0.39 is 0 Å². The number of thiazole rings is 1. The lowest BCUT2D eigenvalue weighted by Gasteiger charge is -2.00. The van der Waals surface area contributed by atoms with Gasteiger partial charge in [-0.05, 0) is 31.5 Å². The van der Waals surface area contributed by atoms with E-state index in [1.807, 2.05) is 19.1 Å². The van der Waals surface area contributed by atoms with Crippen molar-refractivity contribution in [3.63, 3.8) is 0 Å². The molecule has 0 fully saturated rings. The van der Waals surface area contributed by atoms with Gasteiger partial charge in [0.2, 0.25) is 0 Å². The molecule has 0 radical (unpaired) electrons. The van der Waals surface area contributed by atoms with E-state index in [2.05, 4.69) is 17.2 Å². The molecule has 0 aliphatic rings. The van der Waals surface area contributed by atoms with Crippen LogP contribution in [-0.2, 0) is 13.0 Å². The standard InChI is InChI=1S/C15H19FN2S/c1-3-8-17-10-14-11(2)18-15(19-14)9-12-6-4-5-7-13(12)16/h4-7,17H,3,8-10H2,1-2H3. The number of benzene rings is 1. The van der Waals surface area contributed by atoms with Gasteiger partial charge in [0.1, 0.15) is 5.82 Å². The molecule has 1 N–H and O–H groups in total. The Hall–Kier alpha value is -1.26. The first-order valence-corrected chi connectivity index (χ1v) is 7.41. The lowest BCUT2D eigenvalue weighted by atomic mass is 10.1. The van der Waals surface area contributed by atoms with Crippen molar-refractivity contribution in [2.45, 2.75) is 33.2 Å². The SMILES string of the molecule is CCCNCc1sc(Cc2ccccc2F)nc1C. The molecule has 1 aromatic heterocycles. The maximum absolute atomic E-state index is 13.6. The zero-order valence-corrected chi connectivity index (χ0v) is 12.2. The Balaban J connectivity index is 2.06. The predicted molar refractivity (Wildman–Crippen MR) is 78.1 cm³/mol. The Bertz CT molecular complexity index is 537. The Labute approximate surface area is 117 Å². The summed E-state index contributed by atoms with van der Waals surface area (Å²) in [4.78, 5) is 5.79. The lowest BCUT2D eigenvalue weighted by Crippen LogP contribution is -2.13. The Morgan fingerprint density at radius 3 is 2.84 bits per heavy atom. The Morgan fingerprint density at radius 2 is 2.11 bits per heavy atom. The minimum Gasteiger partial charge on any atom is -0.312 e. The molecule has 0 saturated carbocycles. The van der Waals surface area contributed by atoms with Crippen molar-refractivity contribution < 1.29 is 4.39 Å². The summed E-state index contributed by atoms with van der Waals surface area (Å²) in [6.45, 7) is 6.04. The molecule has 19 heavy (non-hydrogen) atoms. The predicted octanol–water partition coefficient (Wildman–Crippen LogP) is 3.68. The van der Waals surface area contributed by atoms with Crippen LogP contribution in [0, 0.1) is 12.7 Å². The molecule has 0 atom stereocenters. The largest absolute Gasteiger partial charge is 0.312 e. The zero-order valence-electron chi connectivity index (χ0n) is 11.4. The van der Waals surface area contributed by atoms with E-state index in [-0.39, 0.29) is 5.82 Å². The fourth-order valence-corrected chi connectivity index (χ4v) is 2.97. The van der Waals surface area contributed by atoms with Crippen LogP contribution in [0.5, 0.6) is 0 Å². The van der Waals surface area contributed by atoms with Gasteiger partial charge >= 0.3 is 0 Å². The highest BCUT2D eigenvalue weighted by Gasteiger charge is 2.09. The third-order valence-corrected chi connectivity index (χ3v) is 4.11. The highest BCUT2D eigenvalue weighted by Crippen LogP contribution is 2.21. The number of hydrogen-bond donors (Lipinski definition) is 1. The van der Waals surface area contributed by atoms with Gasteiger partial charge in [-0.25, -0.2) is 9.37 Å². The molecule has 0 unspecified atom stereocenters. The van der Waals surface area contributed by atoms with Crippen LogP contribution in [0.25, 0.3) is 0 Å². The van der Waals surface area contributed by atoms with Crippen molar-refractivity contribution in [3.8, 4) is 0 Å². The quantitative estimate of drug-likeness (QED) is 0.815. The summed E-state index contributed by atoms with van der Waals surface area (Å²) >= 11 is 1.67. The van der Waals surface area contributed by atoms with Crippen molar-refractivity contribution in [1.29, 1.82) is 0 Å². The minimum atomic E-state index is -0.152. The third kappa shape index (κ3) is 3.85. The summed E-state index contributed by atoms with van der Waals surface area (Å²) in [5.74, 6) is -0.152. The van der Waals surface area contributed by atoms with Crippen molar-refractivity contribution in [2.75, 3.05) is 6.54 Å². The first-order chi connectivity index (χ1) is 9.20. The lowest BCUT2D eigenvalue weighted by molar-refractivity contribution is 0.614. The normalized spacial score (nSPS) is 10.9. The molecular formula is C15H19FN2S. The second-order valence-corrected chi connectivity index (χ2v) is 5.73. The van der Waals surface area contributed by atoms with Crippen LogP contribution >= 0.6 is 11.3 Å². The van der Waals surface area contributed by atoms with Gasteiger partial charge in [0, 0.05) is 17.8 Å². The molecular weight excluding hydrogens is 259 g/mol. The fraction of sp³-hybridized carbons (Fsp3) is 0.400. The molecule has 0 aliphatic heterocycles. The maximum Gasteiger partial charge on any atom is 0.126 e. The van der Waals surface area contributed by atoms with Crippen molar-refractivity contribution >= 4 is 11.3 Å². The van der Waals surface area contributed by atoms with Crippen molar-refractivity contribution in [3.05, 3.63) is 51.2 Å². The first-order valence-electron chi connectivity index (χ1n) is 6.60. The summed E-state index contributed by atoms with van der Waals surface area (Å²) in [6, 6.07) is 6.90. The van der Waals surface area contributed by atoms with E-state index in [4.69, 9.17) is 0 Å². The van der Waals surface area contributed by atoms with Gasteiger partial charge in [-0.1, -0.05) is 25.1 Å². The highest BCUT2D eigenvalue weighted by molar-refractivity contribution is 7.11. The summed E-state index contributed by atoms with van der Waals surface area (Å²) in [5, 5.41) is 4.36. The molecule has 4 heteroatoms. The molecule has 2 aromatic rings. The summed E-state index contributed by atoms with van der Waals surface area (Å²) in [7, 11) is 0. The van der Waals surface area contributed by atoms with E-state index in [0.717, 1.165) is 30.2 Å². The average Bonchev–Trinajstić information content (AvgIpc) is 2.73. The second-order valence-electron chi connectivity index (χ2n) is 4.56. The van der Waals surface area contributed by atoms with Crippen molar-refractivity contribution in [2.24, 2.45) is 0 Å². The van der Waals surface area contributed by atoms with Gasteiger partial charge in [0.05, 0.1) is 10.7 Å². The van der Waals surface area contributed by atoms with Crippen LogP contribution in [0.3, 0.4) is 0 Å². The number of aromatic nitrogens is 1. The van der Waals surface area contributed by atoms with Crippen LogP contribution in [0.4, 0.5) is 4.39 Å². The van der Waals surface area contributed by atoms with E-state index in [9.17, 15) is 4.39 Å². The molecule has 2 rings (SSSR count). The number of halogens is 1. The van der Waals surface area contributed by atoms with Gasteiger partial charge in [-0.15, -0.1) is 11.3 Å². The molecule has 0 amide bonds. The third-order valence-electron chi connectivity index (χ3n) is 2.95. The average molecular weight is 278 g/mol. The Morgan fingerprint density at radius 1 is 1.32 bits per heavy atom. The van der Waals surface area contributed by atoms with E-state index in [0.29, 0.717) is 12.0 Å². The minimum absolute atomic E-state index is 0.152. The molecule has 1 heterocycles. The van der Waals surface area contributed by atoms with Crippen LogP contribution in [0.15, 0.2) is 24.3 Å². The summed E-state index contributed by atoms with van der Waals surface area (Å²) in [6.07, 6.45) is 1.70. The molecule has 0 bridgehead atoms. The molecule has 0 spiro atoms. The van der Waals surface area contributed by atoms with Gasteiger partial charge in [-0.3, -0.25) is 0 Å². The van der Waals surface area contributed by atoms with E-state index >= 15 is 0 Å². The molecule has 102 valence electrons. The van der Waals surface area contributed by atoms with Crippen LogP contribution < -0.4 is 5.32 Å². The summed E-state index contributed by atoms with van der Waals surface area (Å²) < 4.78 is 13.6. The van der Waals surface area contributed by atoms with Crippen LogP contribution in [0.1, 0.15) is 34.5 Å². The summed E-state index contributed by atoms with van der Waals surface area (Å²) in [5.41, 5.74) is 1.77. The van der Waals surface area contributed by atoms with Crippen LogP contribution in [0.2, 0.25) is 0 Å². The van der Waals surface area contributed by atoms with Gasteiger partial charge in [-0.2, -0.15) is 0 Å². The van der Waals surface area contributed by atoms with Crippen molar-refractivity contribution in [1.82, 2.24) is 10.3 Å². The van der Waals surface area contributed by atoms with E-state index in [1.54, 1.807) is 17.4 Å². The number of hydrogen-bond acceptors (Lipinski definition) is 3. The number of aryl methyl sites for hydroxylation is 1. The zero-order chi connectivity index (χ0) is 13.7. The van der Waals surface area contributed by atoms with Gasteiger partial charge < -0.3 is 5.32 Å². The highest BCUT2D eigenvalue weighted by atomic mass is 32.1. The van der Waals surface area contributed by atoms with E-state index in [1.165, 1.54) is 10.9 Å². The molecule has 2 nitrogen and oxygen atoms in total. The maximum atomic E-state index is 13.6. The topological polar surface area (TPSA) is 24.9 Å². The Kier molecular flexibility index (Phi) is 5.05. The fourth-order valence-electron chi connectivity index (χ4n) is 1.91. The second kappa shape index (κ2) is 6.78. The van der Waals surface area contributed by atoms with Gasteiger partial charge in [0.15, 0.2) is 0 Å². The monoisotopic (exact) mass is 278 g/mol. The molecule has 1 aromatic carbocycles.